The van der Waals surface area contributed by atoms with Crippen molar-refractivity contribution in [3.8, 4) is 0 Å². The predicted molar refractivity (Wildman–Crippen MR) is 82.0 cm³/mol. The summed E-state index contributed by atoms with van der Waals surface area (Å²) < 4.78 is 0. The Morgan fingerprint density at radius 2 is 2.24 bits per heavy atom. The molecule has 0 bridgehead atoms. The van der Waals surface area contributed by atoms with E-state index in [1.54, 1.807) is 18.2 Å². The standard InChI is InChI=1S/C12H9Cl2N3O3S/c13-7-2-1-6(8(14)3-7)4-20-17-10(11(18)19)9-5-21-12(15)16-9/h1-3,5H,4H2,(H2,15,16)(H,18,19)/b17-10-. The van der Waals surface area contributed by atoms with Gasteiger partial charge in [-0.15, -0.1) is 11.3 Å². The number of rotatable bonds is 5. The zero-order chi connectivity index (χ0) is 15.4. The molecule has 0 aliphatic rings. The minimum atomic E-state index is -1.26. The van der Waals surface area contributed by atoms with Crippen LogP contribution in [0.1, 0.15) is 11.3 Å². The van der Waals surface area contributed by atoms with E-state index in [1.165, 1.54) is 5.38 Å². The van der Waals surface area contributed by atoms with Crippen LogP contribution in [0.15, 0.2) is 28.7 Å². The summed E-state index contributed by atoms with van der Waals surface area (Å²) in [6.45, 7) is 0.00635. The number of anilines is 1. The lowest BCUT2D eigenvalue weighted by atomic mass is 10.2. The Hall–Kier alpha value is -1.83. The van der Waals surface area contributed by atoms with Gasteiger partial charge in [-0.3, -0.25) is 0 Å². The lowest BCUT2D eigenvalue weighted by molar-refractivity contribution is -0.129. The van der Waals surface area contributed by atoms with Crippen LogP contribution in [-0.2, 0) is 16.2 Å². The number of hydrogen-bond acceptors (Lipinski definition) is 6. The highest BCUT2D eigenvalue weighted by Gasteiger charge is 2.17. The summed E-state index contributed by atoms with van der Waals surface area (Å²) in [6, 6.07) is 4.88. The number of aromatic nitrogens is 1. The molecular formula is C12H9Cl2N3O3S. The Morgan fingerprint density at radius 3 is 2.81 bits per heavy atom. The maximum Gasteiger partial charge on any atom is 0.360 e. The maximum absolute atomic E-state index is 11.1. The van der Waals surface area contributed by atoms with E-state index in [0.29, 0.717) is 15.6 Å². The van der Waals surface area contributed by atoms with Gasteiger partial charge < -0.3 is 15.7 Å². The number of carboxylic acid groups (broad SMARTS) is 1. The molecule has 2 rings (SSSR count). The average Bonchev–Trinajstić information content (AvgIpc) is 2.82. The second-order valence-corrected chi connectivity index (χ2v) is 5.56. The van der Waals surface area contributed by atoms with Crippen LogP contribution in [0.3, 0.4) is 0 Å². The van der Waals surface area contributed by atoms with E-state index >= 15 is 0 Å². The van der Waals surface area contributed by atoms with Gasteiger partial charge in [-0.05, 0) is 12.1 Å². The Morgan fingerprint density at radius 1 is 1.48 bits per heavy atom. The molecule has 0 amide bonds. The van der Waals surface area contributed by atoms with Crippen LogP contribution in [-0.4, -0.2) is 21.8 Å². The third-order valence-electron chi connectivity index (χ3n) is 2.36. The molecule has 0 unspecified atom stereocenters. The molecule has 0 aliphatic carbocycles. The molecule has 0 aliphatic heterocycles. The number of carboxylic acids is 1. The summed E-state index contributed by atoms with van der Waals surface area (Å²) in [5.74, 6) is -1.26. The second-order valence-electron chi connectivity index (χ2n) is 3.83. The van der Waals surface area contributed by atoms with Gasteiger partial charge in [0.15, 0.2) is 5.13 Å². The first kappa shape index (κ1) is 15.6. The van der Waals surface area contributed by atoms with Crippen LogP contribution in [0, 0.1) is 0 Å². The molecule has 0 fully saturated rings. The Labute approximate surface area is 133 Å². The molecule has 0 saturated heterocycles. The van der Waals surface area contributed by atoms with E-state index in [0.717, 1.165) is 11.3 Å². The second kappa shape index (κ2) is 6.75. The summed E-state index contributed by atoms with van der Waals surface area (Å²) in [7, 11) is 0. The fraction of sp³-hybridized carbons (Fsp3) is 0.0833. The Bertz CT molecular complexity index is 703. The van der Waals surface area contributed by atoms with Crippen molar-refractivity contribution in [3.05, 3.63) is 44.9 Å². The summed E-state index contributed by atoms with van der Waals surface area (Å²) in [5.41, 5.74) is 5.91. The van der Waals surface area contributed by atoms with Crippen LogP contribution < -0.4 is 5.73 Å². The van der Waals surface area contributed by atoms with Crippen LogP contribution in [0.25, 0.3) is 0 Å². The first-order chi connectivity index (χ1) is 9.97. The number of carbonyl (C=O) groups is 1. The average molecular weight is 346 g/mol. The molecular weight excluding hydrogens is 337 g/mol. The topological polar surface area (TPSA) is 97.8 Å². The first-order valence-electron chi connectivity index (χ1n) is 5.56. The molecule has 110 valence electrons. The van der Waals surface area contributed by atoms with Gasteiger partial charge in [0.2, 0.25) is 5.71 Å². The highest BCUT2D eigenvalue weighted by atomic mass is 35.5. The van der Waals surface area contributed by atoms with Crippen molar-refractivity contribution in [2.24, 2.45) is 5.16 Å². The molecule has 6 nitrogen and oxygen atoms in total. The quantitative estimate of drug-likeness (QED) is 0.641. The molecule has 9 heteroatoms. The lowest BCUT2D eigenvalue weighted by Gasteiger charge is -2.04. The molecule has 3 N–H and O–H groups in total. The number of benzene rings is 1. The number of nitrogens with two attached hydrogens (primary N) is 1. The smallest absolute Gasteiger partial charge is 0.360 e. The molecule has 21 heavy (non-hydrogen) atoms. The number of oxime groups is 1. The van der Waals surface area contributed by atoms with Gasteiger partial charge in [0.25, 0.3) is 0 Å². The number of thiazole rings is 1. The number of halogens is 2. The van der Waals surface area contributed by atoms with E-state index in [-0.39, 0.29) is 23.1 Å². The lowest BCUT2D eigenvalue weighted by Crippen LogP contribution is -2.15. The minimum Gasteiger partial charge on any atom is -0.476 e. The van der Waals surface area contributed by atoms with Crippen molar-refractivity contribution in [1.29, 1.82) is 0 Å². The van der Waals surface area contributed by atoms with Crippen molar-refractivity contribution in [2.75, 3.05) is 5.73 Å². The van der Waals surface area contributed by atoms with Gasteiger partial charge in [-0.2, -0.15) is 0 Å². The molecule has 1 aromatic heterocycles. The Balaban J connectivity index is 2.12. The van der Waals surface area contributed by atoms with Gasteiger partial charge in [0, 0.05) is 21.0 Å². The SMILES string of the molecule is Nc1nc(/C(=N/OCc2ccc(Cl)cc2Cl)C(=O)O)cs1. The van der Waals surface area contributed by atoms with Crippen molar-refractivity contribution in [3.63, 3.8) is 0 Å². The van der Waals surface area contributed by atoms with E-state index in [1.807, 2.05) is 0 Å². The number of nitrogens with zero attached hydrogens (tertiary/aromatic N) is 2. The predicted octanol–water partition coefficient (Wildman–Crippen LogP) is 3.04. The number of hydrogen-bond donors (Lipinski definition) is 2. The highest BCUT2D eigenvalue weighted by Crippen LogP contribution is 2.21. The van der Waals surface area contributed by atoms with Gasteiger partial charge in [-0.1, -0.05) is 34.4 Å². The Kier molecular flexibility index (Phi) is 5.00. The van der Waals surface area contributed by atoms with Crippen molar-refractivity contribution in [1.82, 2.24) is 4.98 Å². The molecule has 0 radical (unpaired) electrons. The summed E-state index contributed by atoms with van der Waals surface area (Å²) in [6.07, 6.45) is 0. The summed E-state index contributed by atoms with van der Waals surface area (Å²) in [4.78, 5) is 20.0. The van der Waals surface area contributed by atoms with E-state index < -0.39 is 5.97 Å². The van der Waals surface area contributed by atoms with Crippen LogP contribution in [0.2, 0.25) is 10.0 Å². The van der Waals surface area contributed by atoms with E-state index in [4.69, 9.17) is 38.9 Å². The molecule has 0 atom stereocenters. The van der Waals surface area contributed by atoms with Gasteiger partial charge in [-0.25, -0.2) is 9.78 Å². The van der Waals surface area contributed by atoms with Gasteiger partial charge >= 0.3 is 5.97 Å². The van der Waals surface area contributed by atoms with Gasteiger partial charge in [0.05, 0.1) is 0 Å². The molecule has 0 saturated carbocycles. The van der Waals surface area contributed by atoms with Crippen LogP contribution in [0.5, 0.6) is 0 Å². The van der Waals surface area contributed by atoms with Gasteiger partial charge in [0.1, 0.15) is 12.3 Å². The molecule has 1 aromatic carbocycles. The fourth-order valence-corrected chi connectivity index (χ4v) is 2.41. The molecule has 0 spiro atoms. The van der Waals surface area contributed by atoms with Crippen LogP contribution >= 0.6 is 34.5 Å². The van der Waals surface area contributed by atoms with Crippen LogP contribution in [0.4, 0.5) is 5.13 Å². The summed E-state index contributed by atoms with van der Waals surface area (Å²) in [5, 5.41) is 15.3. The first-order valence-corrected chi connectivity index (χ1v) is 7.19. The van der Waals surface area contributed by atoms with Crippen molar-refractivity contribution in [2.45, 2.75) is 6.61 Å². The number of nitrogen functional groups attached to an aromatic ring is 1. The third-order valence-corrected chi connectivity index (χ3v) is 3.62. The fourth-order valence-electron chi connectivity index (χ4n) is 1.40. The highest BCUT2D eigenvalue weighted by molar-refractivity contribution is 7.13. The molecule has 2 aromatic rings. The largest absolute Gasteiger partial charge is 0.476 e. The number of aliphatic carboxylic acids is 1. The monoisotopic (exact) mass is 345 g/mol. The zero-order valence-electron chi connectivity index (χ0n) is 10.4. The van der Waals surface area contributed by atoms with Crippen molar-refractivity contribution < 1.29 is 14.7 Å². The van der Waals surface area contributed by atoms with E-state index in [9.17, 15) is 4.79 Å². The minimum absolute atomic E-state index is 0.00635. The van der Waals surface area contributed by atoms with E-state index in [2.05, 4.69) is 10.1 Å². The summed E-state index contributed by atoms with van der Waals surface area (Å²) >= 11 is 12.9. The third kappa shape index (κ3) is 4.07. The van der Waals surface area contributed by atoms with Crippen molar-refractivity contribution >= 4 is 51.4 Å². The zero-order valence-corrected chi connectivity index (χ0v) is 12.7. The normalized spacial score (nSPS) is 11.4. The molecule has 1 heterocycles. The maximum atomic E-state index is 11.1.